The van der Waals surface area contributed by atoms with Gasteiger partial charge in [-0.15, -0.1) is 0 Å². The number of alkyl halides is 3. The van der Waals surface area contributed by atoms with Crippen molar-refractivity contribution >= 4 is 11.7 Å². The SMILES string of the molecule is CN(C)C(=O)c1cccc(Oc2nc(Oc3cc(C(=N)N)ccc3O)c(F)c(OCC(F)(F)F)c2F)c1. The molecule has 0 saturated heterocycles. The summed E-state index contributed by atoms with van der Waals surface area (Å²) in [4.78, 5) is 17.0. The molecule has 0 aliphatic carbocycles. The molecule has 1 amide bonds. The number of hydrogen-bond acceptors (Lipinski definition) is 7. The summed E-state index contributed by atoms with van der Waals surface area (Å²) in [6.45, 7) is -2.05. The molecule has 0 saturated carbocycles. The number of rotatable bonds is 8. The molecule has 4 N–H and O–H groups in total. The number of halogens is 5. The lowest BCUT2D eigenvalue weighted by Crippen LogP contribution is -2.21. The Labute approximate surface area is 206 Å². The lowest BCUT2D eigenvalue weighted by atomic mass is 10.2. The largest absolute Gasteiger partial charge is 0.504 e. The van der Waals surface area contributed by atoms with Gasteiger partial charge in [0.15, 0.2) is 18.1 Å². The fourth-order valence-electron chi connectivity index (χ4n) is 2.83. The molecule has 0 spiro atoms. The summed E-state index contributed by atoms with van der Waals surface area (Å²) >= 11 is 0. The molecule has 1 aromatic heterocycles. The Morgan fingerprint density at radius 2 is 1.70 bits per heavy atom. The van der Waals surface area contributed by atoms with E-state index in [1.54, 1.807) is 0 Å². The summed E-state index contributed by atoms with van der Waals surface area (Å²) in [6.07, 6.45) is -4.95. The van der Waals surface area contributed by atoms with Gasteiger partial charge in [-0.05, 0) is 36.4 Å². The van der Waals surface area contributed by atoms with Crippen LogP contribution in [0.3, 0.4) is 0 Å². The number of carbonyl (C=O) groups is 1. The maximum Gasteiger partial charge on any atom is 0.422 e. The molecule has 0 unspecified atom stereocenters. The van der Waals surface area contributed by atoms with Gasteiger partial charge in [0.25, 0.3) is 17.7 Å². The average molecular weight is 526 g/mol. The first kappa shape index (κ1) is 27.0. The van der Waals surface area contributed by atoms with Gasteiger partial charge < -0.3 is 30.0 Å². The van der Waals surface area contributed by atoms with Crippen LogP contribution in [-0.2, 0) is 0 Å². The number of carbonyl (C=O) groups excluding carboxylic acids is 1. The normalized spacial score (nSPS) is 11.1. The number of nitrogen functional groups attached to an aromatic ring is 1. The second kappa shape index (κ2) is 10.6. The van der Waals surface area contributed by atoms with Crippen molar-refractivity contribution in [2.75, 3.05) is 20.7 Å². The van der Waals surface area contributed by atoms with Crippen molar-refractivity contribution in [3.63, 3.8) is 0 Å². The highest BCUT2D eigenvalue weighted by molar-refractivity contribution is 5.95. The average Bonchev–Trinajstić information content (AvgIpc) is 2.82. The van der Waals surface area contributed by atoms with E-state index in [9.17, 15) is 27.5 Å². The minimum absolute atomic E-state index is 0.0442. The molecule has 0 aliphatic heterocycles. The van der Waals surface area contributed by atoms with Crippen molar-refractivity contribution in [2.24, 2.45) is 5.73 Å². The van der Waals surface area contributed by atoms with E-state index < -0.39 is 65.2 Å². The van der Waals surface area contributed by atoms with Crippen molar-refractivity contribution in [1.82, 2.24) is 9.88 Å². The number of ether oxygens (including phenoxy) is 3. The van der Waals surface area contributed by atoms with Crippen LogP contribution >= 0.6 is 0 Å². The molecule has 0 bridgehead atoms. The molecule has 196 valence electrons. The number of nitrogens with one attached hydrogen (secondary N) is 1. The fraction of sp³-hybridized carbons (Fsp3) is 0.174. The van der Waals surface area contributed by atoms with Gasteiger partial charge in [0, 0.05) is 25.2 Å². The zero-order chi connectivity index (χ0) is 27.5. The van der Waals surface area contributed by atoms with Gasteiger partial charge in [-0.25, -0.2) is 0 Å². The smallest absolute Gasteiger partial charge is 0.422 e. The van der Waals surface area contributed by atoms with Gasteiger partial charge in [-0.3, -0.25) is 10.2 Å². The van der Waals surface area contributed by atoms with Gasteiger partial charge in [-0.1, -0.05) is 6.07 Å². The topological polar surface area (TPSA) is 131 Å². The Morgan fingerprint density at radius 1 is 1.05 bits per heavy atom. The van der Waals surface area contributed by atoms with E-state index in [4.69, 9.17) is 20.6 Å². The number of nitrogens with zero attached hydrogens (tertiary/aromatic N) is 2. The minimum Gasteiger partial charge on any atom is -0.504 e. The van der Waals surface area contributed by atoms with Crippen LogP contribution < -0.4 is 19.9 Å². The van der Waals surface area contributed by atoms with Crippen LogP contribution in [-0.4, -0.2) is 53.6 Å². The number of phenols is 1. The van der Waals surface area contributed by atoms with Crippen LogP contribution in [0.1, 0.15) is 15.9 Å². The van der Waals surface area contributed by atoms with Crippen molar-refractivity contribution in [2.45, 2.75) is 6.18 Å². The van der Waals surface area contributed by atoms with E-state index in [1.807, 2.05) is 0 Å². The van der Waals surface area contributed by atoms with E-state index in [2.05, 4.69) is 9.72 Å². The summed E-state index contributed by atoms with van der Waals surface area (Å²) in [5, 5.41) is 17.5. The maximum atomic E-state index is 15.0. The lowest BCUT2D eigenvalue weighted by molar-refractivity contribution is -0.154. The van der Waals surface area contributed by atoms with Gasteiger partial charge in [0.05, 0.1) is 0 Å². The fourth-order valence-corrected chi connectivity index (χ4v) is 2.83. The van der Waals surface area contributed by atoms with Gasteiger partial charge >= 0.3 is 6.18 Å². The molecular formula is C23H19F5N4O5. The highest BCUT2D eigenvalue weighted by Crippen LogP contribution is 2.40. The molecule has 37 heavy (non-hydrogen) atoms. The minimum atomic E-state index is -4.95. The molecule has 14 heteroatoms. The predicted octanol–water partition coefficient (Wildman–Crippen LogP) is 4.58. The highest BCUT2D eigenvalue weighted by atomic mass is 19.4. The Bertz CT molecular complexity index is 1350. The van der Waals surface area contributed by atoms with Crippen molar-refractivity contribution in [3.8, 4) is 34.8 Å². The predicted molar refractivity (Wildman–Crippen MR) is 119 cm³/mol. The highest BCUT2D eigenvalue weighted by Gasteiger charge is 2.32. The maximum absolute atomic E-state index is 15.0. The number of amidine groups is 1. The molecule has 3 aromatic rings. The molecule has 0 fully saturated rings. The first-order valence-electron chi connectivity index (χ1n) is 10.2. The van der Waals surface area contributed by atoms with Crippen LogP contribution in [0.2, 0.25) is 0 Å². The van der Waals surface area contributed by atoms with Crippen molar-refractivity contribution in [1.29, 1.82) is 5.41 Å². The third-order valence-electron chi connectivity index (χ3n) is 4.54. The number of nitrogens with two attached hydrogens (primary N) is 1. The van der Waals surface area contributed by atoms with E-state index >= 15 is 4.39 Å². The van der Waals surface area contributed by atoms with Gasteiger partial charge in [0.2, 0.25) is 17.4 Å². The zero-order valence-corrected chi connectivity index (χ0v) is 19.2. The van der Waals surface area contributed by atoms with Crippen LogP contribution in [0.5, 0.6) is 34.8 Å². The van der Waals surface area contributed by atoms with Crippen LogP contribution in [0.25, 0.3) is 0 Å². The zero-order valence-electron chi connectivity index (χ0n) is 19.2. The number of pyridine rings is 1. The molecule has 1 heterocycles. The molecule has 2 aromatic carbocycles. The monoisotopic (exact) mass is 526 g/mol. The number of aromatic hydroxyl groups is 1. The number of hydrogen-bond donors (Lipinski definition) is 3. The van der Waals surface area contributed by atoms with Crippen molar-refractivity contribution in [3.05, 3.63) is 65.2 Å². The molecule has 9 nitrogen and oxygen atoms in total. The second-order valence-electron chi connectivity index (χ2n) is 7.61. The standard InChI is InChI=1S/C23H19F5N4O5/c1-32(2)22(34)12-4-3-5-13(8-12)36-20-16(24)18(35-10-23(26,27)28)17(25)21(31-20)37-15-9-11(19(29)30)6-7-14(15)33/h3-9,33H,10H2,1-2H3,(H3,29,30). The van der Waals surface area contributed by atoms with E-state index in [0.717, 1.165) is 12.1 Å². The van der Waals surface area contributed by atoms with Gasteiger partial charge in [0.1, 0.15) is 11.6 Å². The van der Waals surface area contributed by atoms with E-state index in [0.29, 0.717) is 0 Å². The van der Waals surface area contributed by atoms with Crippen LogP contribution in [0.15, 0.2) is 42.5 Å². The Balaban J connectivity index is 2.08. The second-order valence-corrected chi connectivity index (χ2v) is 7.61. The first-order valence-corrected chi connectivity index (χ1v) is 10.2. The molecule has 0 aliphatic rings. The Kier molecular flexibility index (Phi) is 7.70. The summed E-state index contributed by atoms with van der Waals surface area (Å²) in [5.74, 6) is -9.30. The third kappa shape index (κ3) is 6.54. The van der Waals surface area contributed by atoms with E-state index in [-0.39, 0.29) is 16.9 Å². The van der Waals surface area contributed by atoms with Crippen LogP contribution in [0, 0.1) is 17.0 Å². The third-order valence-corrected chi connectivity index (χ3v) is 4.54. The molecule has 3 rings (SSSR count). The summed E-state index contributed by atoms with van der Waals surface area (Å²) < 4.78 is 82.9. The molecule has 0 radical (unpaired) electrons. The summed E-state index contributed by atoms with van der Waals surface area (Å²) in [7, 11) is 2.98. The Hall–Kier alpha value is -4.62. The number of aromatic nitrogens is 1. The number of phenolic OH excluding ortho intramolecular Hbond substituents is 1. The molecular weight excluding hydrogens is 507 g/mol. The summed E-state index contributed by atoms with van der Waals surface area (Å²) in [6, 6.07) is 8.63. The Morgan fingerprint density at radius 3 is 2.30 bits per heavy atom. The van der Waals surface area contributed by atoms with Gasteiger partial charge in [-0.2, -0.15) is 26.9 Å². The van der Waals surface area contributed by atoms with Crippen LogP contribution in [0.4, 0.5) is 22.0 Å². The van der Waals surface area contributed by atoms with Crippen molar-refractivity contribution < 1.29 is 46.1 Å². The quantitative estimate of drug-likeness (QED) is 0.223. The first-order chi connectivity index (χ1) is 17.3. The lowest BCUT2D eigenvalue weighted by Gasteiger charge is -2.16. The van der Waals surface area contributed by atoms with E-state index in [1.165, 1.54) is 49.3 Å². The molecule has 0 atom stereocenters. The number of amides is 1. The summed E-state index contributed by atoms with van der Waals surface area (Å²) in [5.41, 5.74) is 5.55. The number of benzene rings is 2.